The Kier molecular flexibility index (Phi) is 7.59. The second kappa shape index (κ2) is 8.98. The van der Waals surface area contributed by atoms with E-state index in [1.807, 2.05) is 26.0 Å². The van der Waals surface area contributed by atoms with Crippen molar-refractivity contribution in [1.82, 2.24) is 10.3 Å². The van der Waals surface area contributed by atoms with Crippen LogP contribution in [0.2, 0.25) is 0 Å². The summed E-state index contributed by atoms with van der Waals surface area (Å²) in [5, 5.41) is 12.9. The smallest absolute Gasteiger partial charge is 0.0897 e. The highest BCUT2D eigenvalue weighted by Crippen LogP contribution is 2.02. The van der Waals surface area contributed by atoms with Crippen LogP contribution >= 0.6 is 0 Å². The van der Waals surface area contributed by atoms with Gasteiger partial charge in [-0.1, -0.05) is 6.07 Å². The lowest BCUT2D eigenvalue weighted by Crippen LogP contribution is -2.32. The summed E-state index contributed by atoms with van der Waals surface area (Å²) in [6, 6.07) is 3.94. The van der Waals surface area contributed by atoms with Crippen molar-refractivity contribution in [3.05, 3.63) is 29.6 Å². The minimum Gasteiger partial charge on any atom is -0.389 e. The Balaban J connectivity index is 2.17. The summed E-state index contributed by atoms with van der Waals surface area (Å²) in [5.41, 5.74) is 2.15. The van der Waals surface area contributed by atoms with Crippen LogP contribution in [0.15, 0.2) is 18.3 Å². The van der Waals surface area contributed by atoms with Crippen molar-refractivity contribution >= 4 is 0 Å². The minimum absolute atomic E-state index is 0.00214. The number of aliphatic hydroxyl groups excluding tert-OH is 1. The molecule has 1 aromatic rings. The first-order valence-corrected chi connectivity index (χ1v) is 6.53. The van der Waals surface area contributed by atoms with Gasteiger partial charge in [-0.15, -0.1) is 0 Å². The zero-order chi connectivity index (χ0) is 14.1. The first-order chi connectivity index (χ1) is 9.13. The lowest BCUT2D eigenvalue weighted by atomic mass is 10.2. The van der Waals surface area contributed by atoms with Crippen LogP contribution < -0.4 is 5.32 Å². The van der Waals surface area contributed by atoms with Gasteiger partial charge in [0.25, 0.3) is 0 Å². The van der Waals surface area contributed by atoms with Gasteiger partial charge in [-0.05, 0) is 25.5 Å². The Hall–Kier alpha value is -1.01. The van der Waals surface area contributed by atoms with E-state index in [1.54, 1.807) is 13.3 Å². The third kappa shape index (κ3) is 6.63. The minimum atomic E-state index is -0.525. The van der Waals surface area contributed by atoms with Crippen LogP contribution in [0.1, 0.15) is 18.2 Å². The largest absolute Gasteiger partial charge is 0.389 e. The van der Waals surface area contributed by atoms with E-state index in [-0.39, 0.29) is 6.10 Å². The van der Waals surface area contributed by atoms with E-state index in [2.05, 4.69) is 10.3 Å². The Morgan fingerprint density at radius 1 is 1.42 bits per heavy atom. The Morgan fingerprint density at radius 3 is 2.89 bits per heavy atom. The van der Waals surface area contributed by atoms with Gasteiger partial charge in [-0.25, -0.2) is 0 Å². The molecule has 0 radical (unpaired) electrons. The molecular weight excluding hydrogens is 244 g/mol. The molecule has 0 aliphatic carbocycles. The van der Waals surface area contributed by atoms with E-state index in [1.165, 1.54) is 0 Å². The number of hydrogen-bond acceptors (Lipinski definition) is 5. The average molecular weight is 268 g/mol. The van der Waals surface area contributed by atoms with E-state index in [0.29, 0.717) is 26.3 Å². The van der Waals surface area contributed by atoms with Gasteiger partial charge in [0.2, 0.25) is 0 Å². The second-order valence-corrected chi connectivity index (χ2v) is 4.65. The van der Waals surface area contributed by atoms with E-state index in [9.17, 15) is 5.11 Å². The molecule has 1 rings (SSSR count). The molecule has 0 spiro atoms. The first-order valence-electron chi connectivity index (χ1n) is 6.53. The predicted molar refractivity (Wildman–Crippen MR) is 74.0 cm³/mol. The van der Waals surface area contributed by atoms with Crippen molar-refractivity contribution in [1.29, 1.82) is 0 Å². The molecule has 19 heavy (non-hydrogen) atoms. The summed E-state index contributed by atoms with van der Waals surface area (Å²) in [7, 11) is 1.63. The molecule has 2 unspecified atom stereocenters. The number of aryl methyl sites for hydroxylation is 1. The molecule has 0 aliphatic rings. The second-order valence-electron chi connectivity index (χ2n) is 4.65. The van der Waals surface area contributed by atoms with Gasteiger partial charge in [0, 0.05) is 26.4 Å². The van der Waals surface area contributed by atoms with Crippen LogP contribution in [0.25, 0.3) is 0 Å². The number of pyridine rings is 1. The third-order valence-electron chi connectivity index (χ3n) is 2.76. The maximum absolute atomic E-state index is 9.76. The van der Waals surface area contributed by atoms with Crippen molar-refractivity contribution in [3.63, 3.8) is 0 Å². The van der Waals surface area contributed by atoms with Gasteiger partial charge < -0.3 is 19.9 Å². The standard InChI is InChI=1S/C14H24N2O3/c1-11-5-4-6-16-14(11)8-15-7-13(17)10-19-12(2)9-18-3/h4-6,12-13,15,17H,7-10H2,1-3H3. The van der Waals surface area contributed by atoms with Crippen molar-refractivity contribution in [2.24, 2.45) is 0 Å². The van der Waals surface area contributed by atoms with Crippen molar-refractivity contribution in [2.75, 3.05) is 26.9 Å². The highest BCUT2D eigenvalue weighted by molar-refractivity contribution is 5.17. The monoisotopic (exact) mass is 268 g/mol. The predicted octanol–water partition coefficient (Wildman–Crippen LogP) is 0.892. The molecule has 0 saturated carbocycles. The van der Waals surface area contributed by atoms with Crippen molar-refractivity contribution in [3.8, 4) is 0 Å². The van der Waals surface area contributed by atoms with Crippen LogP contribution in [-0.2, 0) is 16.0 Å². The molecule has 108 valence electrons. The summed E-state index contributed by atoms with van der Waals surface area (Å²) in [5.74, 6) is 0. The molecule has 0 saturated heterocycles. The van der Waals surface area contributed by atoms with Gasteiger partial charge in [0.1, 0.15) is 0 Å². The maximum atomic E-state index is 9.76. The fraction of sp³-hybridized carbons (Fsp3) is 0.643. The summed E-state index contributed by atoms with van der Waals surface area (Å²) in [6.45, 7) is 5.91. The molecule has 0 aliphatic heterocycles. The van der Waals surface area contributed by atoms with Crippen LogP contribution in [0.3, 0.4) is 0 Å². The Morgan fingerprint density at radius 2 is 2.21 bits per heavy atom. The molecule has 0 fully saturated rings. The summed E-state index contributed by atoms with van der Waals surface area (Å²) in [6.07, 6.45) is 1.25. The highest BCUT2D eigenvalue weighted by atomic mass is 16.5. The molecule has 1 heterocycles. The molecule has 0 amide bonds. The van der Waals surface area contributed by atoms with Crippen LogP contribution in [-0.4, -0.2) is 49.2 Å². The zero-order valence-corrected chi connectivity index (χ0v) is 11.9. The number of hydrogen-bond donors (Lipinski definition) is 2. The van der Waals surface area contributed by atoms with Crippen molar-refractivity contribution < 1.29 is 14.6 Å². The fourth-order valence-corrected chi connectivity index (χ4v) is 1.68. The maximum Gasteiger partial charge on any atom is 0.0897 e. The van der Waals surface area contributed by atoms with E-state index >= 15 is 0 Å². The first kappa shape index (κ1) is 16.0. The number of aromatic nitrogens is 1. The number of nitrogens with one attached hydrogen (secondary N) is 1. The number of rotatable bonds is 9. The van der Waals surface area contributed by atoms with Crippen LogP contribution in [0.5, 0.6) is 0 Å². The van der Waals surface area contributed by atoms with Crippen molar-refractivity contribution in [2.45, 2.75) is 32.6 Å². The van der Waals surface area contributed by atoms with E-state index in [4.69, 9.17) is 9.47 Å². The third-order valence-corrected chi connectivity index (χ3v) is 2.76. The number of nitrogens with zero attached hydrogens (tertiary/aromatic N) is 1. The molecule has 5 heteroatoms. The molecular formula is C14H24N2O3. The molecule has 2 N–H and O–H groups in total. The van der Waals surface area contributed by atoms with Gasteiger partial charge in [-0.3, -0.25) is 4.98 Å². The van der Waals surface area contributed by atoms with E-state index in [0.717, 1.165) is 11.3 Å². The lowest BCUT2D eigenvalue weighted by molar-refractivity contribution is -0.0311. The van der Waals surface area contributed by atoms with Gasteiger partial charge in [0.15, 0.2) is 0 Å². The summed E-state index contributed by atoms with van der Waals surface area (Å²) >= 11 is 0. The van der Waals surface area contributed by atoms with E-state index < -0.39 is 6.10 Å². The quantitative estimate of drug-likeness (QED) is 0.696. The number of ether oxygens (including phenoxy) is 2. The fourth-order valence-electron chi connectivity index (χ4n) is 1.68. The molecule has 0 bridgehead atoms. The van der Waals surface area contributed by atoms with Gasteiger partial charge in [-0.2, -0.15) is 0 Å². The molecule has 0 aromatic carbocycles. The normalized spacial score (nSPS) is 14.3. The molecule has 5 nitrogen and oxygen atoms in total. The topological polar surface area (TPSA) is 63.6 Å². The SMILES string of the molecule is COCC(C)OCC(O)CNCc1ncccc1C. The van der Waals surface area contributed by atoms with Gasteiger partial charge in [0.05, 0.1) is 31.1 Å². The average Bonchev–Trinajstić information content (AvgIpc) is 2.39. The number of methoxy groups -OCH3 is 1. The Bertz CT molecular complexity index is 360. The number of aliphatic hydroxyl groups is 1. The van der Waals surface area contributed by atoms with Crippen LogP contribution in [0.4, 0.5) is 0 Å². The van der Waals surface area contributed by atoms with Gasteiger partial charge >= 0.3 is 0 Å². The lowest BCUT2D eigenvalue weighted by Gasteiger charge is -2.16. The molecule has 2 atom stereocenters. The summed E-state index contributed by atoms with van der Waals surface area (Å²) in [4.78, 5) is 4.28. The van der Waals surface area contributed by atoms with Crippen LogP contribution in [0, 0.1) is 6.92 Å². The Labute approximate surface area is 115 Å². The zero-order valence-electron chi connectivity index (χ0n) is 11.9. The summed E-state index contributed by atoms with van der Waals surface area (Å²) < 4.78 is 10.4. The molecule has 1 aromatic heterocycles. The highest BCUT2D eigenvalue weighted by Gasteiger charge is 2.08.